The number of phosphoric ester groups is 2. The third-order valence-electron chi connectivity index (χ3n) is 15.2. The van der Waals surface area contributed by atoms with Crippen LogP contribution in [-0.2, 0) is 65.4 Å². The summed E-state index contributed by atoms with van der Waals surface area (Å²) in [5, 5.41) is 10.5. The minimum Gasteiger partial charge on any atom is -0.462 e. The van der Waals surface area contributed by atoms with Crippen molar-refractivity contribution >= 4 is 39.5 Å². The minimum absolute atomic E-state index is 0.101. The van der Waals surface area contributed by atoms with Gasteiger partial charge in [0.25, 0.3) is 0 Å². The maximum absolute atomic E-state index is 13.0. The van der Waals surface area contributed by atoms with E-state index in [2.05, 4.69) is 48.5 Å². The number of unbranched alkanes of at least 4 members (excludes halogenated alkanes) is 30. The molecule has 0 heterocycles. The molecule has 0 fully saturated rings. The summed E-state index contributed by atoms with van der Waals surface area (Å²) in [6.07, 6.45) is 37.7. The summed E-state index contributed by atoms with van der Waals surface area (Å²) in [5.74, 6) is 0.0836. The molecule has 17 nitrogen and oxygen atoms in total. The summed E-state index contributed by atoms with van der Waals surface area (Å²) < 4.78 is 68.0. The van der Waals surface area contributed by atoms with Gasteiger partial charge in [-0.05, 0) is 43.4 Å². The number of rotatable bonds is 63. The van der Waals surface area contributed by atoms with Crippen LogP contribution in [0.4, 0.5) is 0 Å². The van der Waals surface area contributed by atoms with Crippen LogP contribution in [0.25, 0.3) is 0 Å². The Balaban J connectivity index is 5.23. The van der Waals surface area contributed by atoms with Gasteiger partial charge in [-0.15, -0.1) is 0 Å². The first kappa shape index (κ1) is 82.1. The molecule has 0 rings (SSSR count). The van der Waals surface area contributed by atoms with E-state index in [-0.39, 0.29) is 25.7 Å². The van der Waals surface area contributed by atoms with Gasteiger partial charge in [-0.1, -0.05) is 267 Å². The molecule has 0 saturated heterocycles. The second-order valence-corrected chi connectivity index (χ2v) is 27.6. The van der Waals surface area contributed by atoms with Crippen molar-refractivity contribution in [2.75, 3.05) is 39.6 Å². The van der Waals surface area contributed by atoms with Gasteiger partial charge in [-0.2, -0.15) is 0 Å². The monoisotopic (exact) mass is 1240 g/mol. The van der Waals surface area contributed by atoms with E-state index >= 15 is 0 Å². The van der Waals surface area contributed by atoms with Crippen LogP contribution >= 0.6 is 15.6 Å². The molecular formula is C65H126O17P2. The van der Waals surface area contributed by atoms with Crippen LogP contribution in [0.15, 0.2) is 0 Å². The fourth-order valence-corrected chi connectivity index (χ4v) is 11.2. The quantitative estimate of drug-likeness (QED) is 0.0222. The molecule has 0 aromatic heterocycles. The first-order chi connectivity index (χ1) is 40.3. The summed E-state index contributed by atoms with van der Waals surface area (Å²) in [7, 11) is -9.89. The number of aliphatic hydroxyl groups is 1. The first-order valence-corrected chi connectivity index (χ1v) is 36.9. The van der Waals surface area contributed by atoms with Gasteiger partial charge >= 0.3 is 39.5 Å². The molecule has 0 bridgehead atoms. The first-order valence-electron chi connectivity index (χ1n) is 33.9. The summed E-state index contributed by atoms with van der Waals surface area (Å²) in [6.45, 7) is 11.7. The predicted octanol–water partition coefficient (Wildman–Crippen LogP) is 17.9. The molecule has 0 spiro atoms. The maximum atomic E-state index is 13.0. The van der Waals surface area contributed by atoms with E-state index in [1.165, 1.54) is 122 Å². The zero-order chi connectivity index (χ0) is 62.4. The van der Waals surface area contributed by atoms with E-state index in [1.807, 2.05) is 0 Å². The predicted molar refractivity (Wildman–Crippen MR) is 335 cm³/mol. The van der Waals surface area contributed by atoms with Gasteiger partial charge in [-0.3, -0.25) is 37.3 Å². The van der Waals surface area contributed by atoms with E-state index in [9.17, 15) is 43.2 Å². The highest BCUT2D eigenvalue weighted by atomic mass is 31.2. The average molecular weight is 1240 g/mol. The molecule has 0 radical (unpaired) electrons. The molecule has 0 aliphatic heterocycles. The van der Waals surface area contributed by atoms with E-state index in [4.69, 9.17) is 37.0 Å². The Morgan fingerprint density at radius 2 is 0.607 bits per heavy atom. The molecule has 0 aromatic rings. The number of hydrogen-bond donors (Lipinski definition) is 3. The molecule has 0 aliphatic carbocycles. The highest BCUT2D eigenvalue weighted by Crippen LogP contribution is 2.45. The number of carbonyl (C=O) groups excluding carboxylic acids is 4. The van der Waals surface area contributed by atoms with Gasteiger partial charge < -0.3 is 33.8 Å². The number of carbonyl (C=O) groups is 4. The fraction of sp³-hybridized carbons (Fsp3) is 0.938. The largest absolute Gasteiger partial charge is 0.472 e. The standard InChI is InChI=1S/C65H126O17P2/c1-8-10-11-12-13-24-32-39-46-62(67)75-53-61(82-65(70)49-42-35-28-27-30-37-44-57(5)6)55-80-84(73,74)78-51-59(66)50-77-83(71,72)79-54-60(52-76-63(68)47-40-33-25-21-20-23-31-38-45-58(7)9-2)81-64(69)48-41-34-26-19-17-15-14-16-18-22-29-36-43-56(3)4/h56-61,66H,8-55H2,1-7H3,(H,71,72)(H,73,74)/t58?,59-,60-,61-/m1/s1. The van der Waals surface area contributed by atoms with E-state index in [1.54, 1.807) is 0 Å². The Morgan fingerprint density at radius 1 is 0.345 bits per heavy atom. The zero-order valence-corrected chi connectivity index (χ0v) is 56.1. The van der Waals surface area contributed by atoms with Gasteiger partial charge in [0.2, 0.25) is 0 Å². The molecule has 0 amide bonds. The Hall–Kier alpha value is -1.94. The lowest BCUT2D eigenvalue weighted by molar-refractivity contribution is -0.161. The third-order valence-corrected chi connectivity index (χ3v) is 17.1. The molecule has 6 atom stereocenters. The van der Waals surface area contributed by atoms with Gasteiger partial charge in [-0.25, -0.2) is 9.13 Å². The third kappa shape index (κ3) is 57.8. The van der Waals surface area contributed by atoms with Gasteiger partial charge in [0.15, 0.2) is 12.2 Å². The molecule has 3 unspecified atom stereocenters. The van der Waals surface area contributed by atoms with Crippen LogP contribution in [-0.4, -0.2) is 96.7 Å². The molecular weight excluding hydrogens is 1110 g/mol. The summed E-state index contributed by atoms with van der Waals surface area (Å²) in [4.78, 5) is 72.2. The van der Waals surface area contributed by atoms with E-state index in [0.717, 1.165) is 108 Å². The summed E-state index contributed by atoms with van der Waals surface area (Å²) >= 11 is 0. The summed E-state index contributed by atoms with van der Waals surface area (Å²) in [5.41, 5.74) is 0. The van der Waals surface area contributed by atoms with Crippen molar-refractivity contribution in [3.05, 3.63) is 0 Å². The fourth-order valence-electron chi connectivity index (χ4n) is 9.62. The highest BCUT2D eigenvalue weighted by Gasteiger charge is 2.30. The van der Waals surface area contributed by atoms with Crippen LogP contribution in [0, 0.1) is 17.8 Å². The lowest BCUT2D eigenvalue weighted by Gasteiger charge is -2.21. The van der Waals surface area contributed by atoms with Gasteiger partial charge in [0.05, 0.1) is 26.4 Å². The van der Waals surface area contributed by atoms with Crippen LogP contribution in [0.2, 0.25) is 0 Å². The maximum Gasteiger partial charge on any atom is 0.472 e. The lowest BCUT2D eigenvalue weighted by Crippen LogP contribution is -2.30. The Kier molecular flexibility index (Phi) is 55.0. The Labute approximate surface area is 511 Å². The lowest BCUT2D eigenvalue weighted by atomic mass is 9.99. The van der Waals surface area contributed by atoms with Crippen molar-refractivity contribution < 1.29 is 80.2 Å². The van der Waals surface area contributed by atoms with Crippen molar-refractivity contribution in [1.82, 2.24) is 0 Å². The Bertz CT molecular complexity index is 1670. The molecule has 19 heteroatoms. The normalized spacial score (nSPS) is 14.7. The molecule has 0 saturated carbocycles. The number of phosphoric acid groups is 2. The molecule has 498 valence electrons. The van der Waals surface area contributed by atoms with Gasteiger partial charge in [0, 0.05) is 25.7 Å². The van der Waals surface area contributed by atoms with E-state index < -0.39 is 97.5 Å². The summed E-state index contributed by atoms with van der Waals surface area (Å²) in [6, 6.07) is 0. The average Bonchev–Trinajstić information content (AvgIpc) is 3.48. The molecule has 84 heavy (non-hydrogen) atoms. The topological polar surface area (TPSA) is 237 Å². The molecule has 0 aliphatic rings. The van der Waals surface area contributed by atoms with E-state index in [0.29, 0.717) is 31.6 Å². The number of hydrogen-bond acceptors (Lipinski definition) is 15. The Morgan fingerprint density at radius 3 is 0.905 bits per heavy atom. The number of esters is 4. The second-order valence-electron chi connectivity index (χ2n) is 24.7. The molecule has 3 N–H and O–H groups in total. The number of aliphatic hydroxyl groups excluding tert-OH is 1. The second kappa shape index (κ2) is 56.3. The van der Waals surface area contributed by atoms with Crippen molar-refractivity contribution in [3.8, 4) is 0 Å². The van der Waals surface area contributed by atoms with Crippen molar-refractivity contribution in [3.63, 3.8) is 0 Å². The van der Waals surface area contributed by atoms with Gasteiger partial charge in [0.1, 0.15) is 19.3 Å². The van der Waals surface area contributed by atoms with Crippen molar-refractivity contribution in [1.29, 1.82) is 0 Å². The van der Waals surface area contributed by atoms with Crippen LogP contribution in [0.1, 0.15) is 318 Å². The van der Waals surface area contributed by atoms with Crippen molar-refractivity contribution in [2.24, 2.45) is 17.8 Å². The van der Waals surface area contributed by atoms with Crippen LogP contribution in [0.5, 0.6) is 0 Å². The number of ether oxygens (including phenoxy) is 4. The highest BCUT2D eigenvalue weighted by molar-refractivity contribution is 7.47. The van der Waals surface area contributed by atoms with Crippen LogP contribution in [0.3, 0.4) is 0 Å². The smallest absolute Gasteiger partial charge is 0.462 e. The molecule has 0 aromatic carbocycles. The van der Waals surface area contributed by atoms with Crippen molar-refractivity contribution in [2.45, 2.75) is 336 Å². The SMILES string of the molecule is CCCCCCCCCCC(=O)OC[C@H](COP(=O)(O)OC[C@H](O)COP(=O)(O)OC[C@@H](COC(=O)CCCCCCCCCCC(C)CC)OC(=O)CCCCCCCCCCCCCCC(C)C)OC(=O)CCCCCCCCC(C)C. The zero-order valence-electron chi connectivity index (χ0n) is 54.4. The minimum atomic E-state index is -4.95. The van der Waals surface area contributed by atoms with Crippen LogP contribution < -0.4 is 0 Å².